The van der Waals surface area contributed by atoms with Crippen molar-refractivity contribution in [3.05, 3.63) is 0 Å². The fourth-order valence-electron chi connectivity index (χ4n) is 1.22. The molecule has 0 aliphatic carbocycles. The molecule has 0 aromatic heterocycles. The quantitative estimate of drug-likeness (QED) is 0.648. The van der Waals surface area contributed by atoms with Crippen LogP contribution >= 0.6 is 11.8 Å². The van der Waals surface area contributed by atoms with E-state index >= 15 is 0 Å². The maximum atomic E-state index is 5.07. The summed E-state index contributed by atoms with van der Waals surface area (Å²) >= 11 is 2.00. The van der Waals surface area contributed by atoms with Gasteiger partial charge in [-0.15, -0.1) is 0 Å². The van der Waals surface area contributed by atoms with Crippen LogP contribution in [0.1, 0.15) is 6.42 Å². The van der Waals surface area contributed by atoms with E-state index < -0.39 is 0 Å². The van der Waals surface area contributed by atoms with E-state index in [2.05, 4.69) is 5.32 Å². The Morgan fingerprint density at radius 1 is 1.50 bits per heavy atom. The fourth-order valence-corrected chi connectivity index (χ4v) is 2.41. The van der Waals surface area contributed by atoms with E-state index in [1.807, 2.05) is 11.8 Å². The minimum Gasteiger partial charge on any atom is -0.355 e. The smallest absolute Gasteiger partial charge is 0.169 e. The zero-order valence-corrected chi connectivity index (χ0v) is 8.52. The van der Waals surface area contributed by atoms with E-state index in [0.717, 1.165) is 6.54 Å². The summed E-state index contributed by atoms with van der Waals surface area (Å²) in [6, 6.07) is 0.655. The molecule has 0 aromatic rings. The minimum absolute atomic E-state index is 0.101. The third-order valence-corrected chi connectivity index (χ3v) is 3.19. The van der Waals surface area contributed by atoms with Crippen LogP contribution in [0.25, 0.3) is 0 Å². The number of methoxy groups -OCH3 is 2. The Bertz CT molecular complexity index is 112. The van der Waals surface area contributed by atoms with Gasteiger partial charge >= 0.3 is 0 Å². The molecule has 1 saturated heterocycles. The number of rotatable bonds is 5. The second kappa shape index (κ2) is 5.80. The van der Waals surface area contributed by atoms with Crippen molar-refractivity contribution < 1.29 is 9.47 Å². The highest BCUT2D eigenvalue weighted by Crippen LogP contribution is 2.16. The number of nitrogens with one attached hydrogen (secondary N) is 1. The zero-order valence-electron chi connectivity index (χ0n) is 7.71. The molecule has 1 aliphatic heterocycles. The van der Waals surface area contributed by atoms with E-state index in [-0.39, 0.29) is 6.29 Å². The highest BCUT2D eigenvalue weighted by Gasteiger charge is 2.16. The van der Waals surface area contributed by atoms with Gasteiger partial charge in [-0.05, 0) is 12.2 Å². The van der Waals surface area contributed by atoms with Crippen molar-refractivity contribution in [1.29, 1.82) is 0 Å². The molecule has 0 bridgehead atoms. The van der Waals surface area contributed by atoms with Gasteiger partial charge in [0, 0.05) is 32.6 Å². The average molecular weight is 191 g/mol. The van der Waals surface area contributed by atoms with Crippen molar-refractivity contribution >= 4 is 11.8 Å². The Labute approximate surface area is 78.2 Å². The first-order valence-electron chi connectivity index (χ1n) is 4.23. The molecule has 1 heterocycles. The summed E-state index contributed by atoms with van der Waals surface area (Å²) in [5.41, 5.74) is 0. The van der Waals surface area contributed by atoms with E-state index in [9.17, 15) is 0 Å². The average Bonchev–Trinajstić information content (AvgIpc) is 2.59. The van der Waals surface area contributed by atoms with Gasteiger partial charge in [0.05, 0.1) is 0 Å². The molecular formula is C8H17NO2S. The van der Waals surface area contributed by atoms with Crippen LogP contribution in [0.4, 0.5) is 0 Å². The van der Waals surface area contributed by atoms with Gasteiger partial charge in [0.2, 0.25) is 0 Å². The lowest BCUT2D eigenvalue weighted by molar-refractivity contribution is -0.0995. The molecule has 1 N–H and O–H groups in total. The Morgan fingerprint density at radius 2 is 2.25 bits per heavy atom. The lowest BCUT2D eigenvalue weighted by Gasteiger charge is -2.17. The largest absolute Gasteiger partial charge is 0.355 e. The van der Waals surface area contributed by atoms with Gasteiger partial charge < -0.3 is 14.8 Å². The molecule has 0 spiro atoms. The molecule has 1 rings (SSSR count). The van der Waals surface area contributed by atoms with E-state index in [0.29, 0.717) is 6.04 Å². The zero-order chi connectivity index (χ0) is 8.81. The van der Waals surface area contributed by atoms with Crippen molar-refractivity contribution in [3.63, 3.8) is 0 Å². The van der Waals surface area contributed by atoms with Gasteiger partial charge in [-0.2, -0.15) is 11.8 Å². The Hall–Kier alpha value is 0.230. The molecule has 0 amide bonds. The van der Waals surface area contributed by atoms with Crippen LogP contribution in [-0.4, -0.2) is 44.6 Å². The van der Waals surface area contributed by atoms with Crippen LogP contribution in [0.3, 0.4) is 0 Å². The lowest BCUT2D eigenvalue weighted by atomic mass is 10.2. The van der Waals surface area contributed by atoms with E-state index in [1.165, 1.54) is 17.9 Å². The standard InChI is InChI=1S/C8H17NO2S/c1-10-8(11-2)5-9-7-3-4-12-6-7/h7-9H,3-6H2,1-2H3. The molecule has 1 fully saturated rings. The van der Waals surface area contributed by atoms with Crippen molar-refractivity contribution in [2.24, 2.45) is 0 Å². The van der Waals surface area contributed by atoms with E-state index in [4.69, 9.17) is 9.47 Å². The molecule has 4 heteroatoms. The van der Waals surface area contributed by atoms with Crippen LogP contribution in [0.15, 0.2) is 0 Å². The normalized spacial score (nSPS) is 23.8. The summed E-state index contributed by atoms with van der Waals surface area (Å²) in [6.07, 6.45) is 1.17. The summed E-state index contributed by atoms with van der Waals surface area (Å²) in [4.78, 5) is 0. The molecule has 0 radical (unpaired) electrons. The maximum Gasteiger partial charge on any atom is 0.169 e. The van der Waals surface area contributed by atoms with E-state index in [1.54, 1.807) is 14.2 Å². The number of hydrogen-bond donors (Lipinski definition) is 1. The predicted molar refractivity (Wildman–Crippen MR) is 51.5 cm³/mol. The highest BCUT2D eigenvalue weighted by molar-refractivity contribution is 7.99. The van der Waals surface area contributed by atoms with Crippen LogP contribution in [0, 0.1) is 0 Å². The third kappa shape index (κ3) is 3.31. The Kier molecular flexibility index (Phi) is 4.99. The van der Waals surface area contributed by atoms with Gasteiger partial charge in [0.15, 0.2) is 6.29 Å². The SMILES string of the molecule is COC(CNC1CCSC1)OC. The topological polar surface area (TPSA) is 30.5 Å². The van der Waals surface area contributed by atoms with Crippen molar-refractivity contribution in [2.75, 3.05) is 32.3 Å². The summed E-state index contributed by atoms with van der Waals surface area (Å²) in [5.74, 6) is 2.50. The van der Waals surface area contributed by atoms with Gasteiger partial charge in [-0.1, -0.05) is 0 Å². The number of ether oxygens (including phenoxy) is 2. The molecule has 0 aromatic carbocycles. The predicted octanol–water partition coefficient (Wildman–Crippen LogP) is 0.700. The first-order chi connectivity index (χ1) is 5.86. The first-order valence-corrected chi connectivity index (χ1v) is 5.39. The van der Waals surface area contributed by atoms with Crippen LogP contribution in [0.2, 0.25) is 0 Å². The molecule has 1 aliphatic rings. The Morgan fingerprint density at radius 3 is 2.75 bits per heavy atom. The van der Waals surface area contributed by atoms with Gasteiger partial charge in [-0.25, -0.2) is 0 Å². The summed E-state index contributed by atoms with van der Waals surface area (Å²) < 4.78 is 10.1. The van der Waals surface area contributed by atoms with Gasteiger partial charge in [0.1, 0.15) is 0 Å². The summed E-state index contributed by atoms with van der Waals surface area (Å²) in [6.45, 7) is 0.790. The Balaban J connectivity index is 2.06. The maximum absolute atomic E-state index is 5.07. The van der Waals surface area contributed by atoms with Crippen LogP contribution < -0.4 is 5.32 Å². The molecular weight excluding hydrogens is 174 g/mol. The summed E-state index contributed by atoms with van der Waals surface area (Å²) in [7, 11) is 3.33. The van der Waals surface area contributed by atoms with Crippen molar-refractivity contribution in [2.45, 2.75) is 18.8 Å². The van der Waals surface area contributed by atoms with Crippen molar-refractivity contribution in [1.82, 2.24) is 5.32 Å². The highest BCUT2D eigenvalue weighted by atomic mass is 32.2. The molecule has 12 heavy (non-hydrogen) atoms. The molecule has 1 atom stereocenters. The fraction of sp³-hybridized carbons (Fsp3) is 1.00. The third-order valence-electron chi connectivity index (χ3n) is 2.03. The first kappa shape index (κ1) is 10.3. The monoisotopic (exact) mass is 191 g/mol. The number of thioether (sulfide) groups is 1. The molecule has 72 valence electrons. The lowest BCUT2D eigenvalue weighted by Crippen LogP contribution is -2.37. The summed E-state index contributed by atoms with van der Waals surface area (Å²) in [5, 5.41) is 3.41. The van der Waals surface area contributed by atoms with Crippen LogP contribution in [0.5, 0.6) is 0 Å². The van der Waals surface area contributed by atoms with Crippen molar-refractivity contribution in [3.8, 4) is 0 Å². The molecule has 1 unspecified atom stereocenters. The molecule has 3 nitrogen and oxygen atoms in total. The second-order valence-electron chi connectivity index (χ2n) is 2.87. The minimum atomic E-state index is -0.101. The second-order valence-corrected chi connectivity index (χ2v) is 4.02. The number of hydrogen-bond acceptors (Lipinski definition) is 4. The molecule has 0 saturated carbocycles. The van der Waals surface area contributed by atoms with Gasteiger partial charge in [-0.3, -0.25) is 0 Å². The van der Waals surface area contributed by atoms with Gasteiger partial charge in [0.25, 0.3) is 0 Å². The van der Waals surface area contributed by atoms with Crippen LogP contribution in [-0.2, 0) is 9.47 Å².